The van der Waals surface area contributed by atoms with E-state index in [1.807, 2.05) is 0 Å². The number of aliphatic hydroxyl groups excluding tert-OH is 1. The van der Waals surface area contributed by atoms with Gasteiger partial charge in [-0.1, -0.05) is 0 Å². The first-order valence-electron chi connectivity index (χ1n) is 4.48. The molecule has 2 atom stereocenters. The van der Waals surface area contributed by atoms with Crippen molar-refractivity contribution in [2.24, 2.45) is 0 Å². The van der Waals surface area contributed by atoms with Gasteiger partial charge in [-0.15, -0.1) is 0 Å². The van der Waals surface area contributed by atoms with Crippen LogP contribution in [0.3, 0.4) is 0 Å². The van der Waals surface area contributed by atoms with Crippen molar-refractivity contribution in [1.29, 1.82) is 0 Å². The maximum absolute atomic E-state index is 8.92. The highest BCUT2D eigenvalue weighted by Gasteiger charge is 2.30. The zero-order chi connectivity index (χ0) is 7.68. The molecule has 2 rings (SSSR count). The Labute approximate surface area is 67.4 Å². The van der Waals surface area contributed by atoms with Gasteiger partial charge in [0.25, 0.3) is 0 Å². The molecule has 0 aliphatic carbocycles. The Morgan fingerprint density at radius 1 is 1.55 bits per heavy atom. The summed E-state index contributed by atoms with van der Waals surface area (Å²) in [5.41, 5.74) is 0. The lowest BCUT2D eigenvalue weighted by Crippen LogP contribution is -2.55. The van der Waals surface area contributed by atoms with Gasteiger partial charge in [-0.05, 0) is 19.4 Å². The molecule has 1 unspecified atom stereocenters. The largest absolute Gasteiger partial charge is 0.395 e. The number of aliphatic hydroxyl groups is 1. The summed E-state index contributed by atoms with van der Waals surface area (Å²) in [6.07, 6.45) is 2.68. The SMILES string of the molecule is OC[C@H]1CN2CCCC2CN1. The number of nitrogens with one attached hydrogen (secondary N) is 1. The first-order chi connectivity index (χ1) is 5.40. The molecule has 64 valence electrons. The molecule has 0 saturated carbocycles. The number of nitrogens with zero attached hydrogens (tertiary/aromatic N) is 1. The van der Waals surface area contributed by atoms with Crippen LogP contribution in [0.15, 0.2) is 0 Å². The van der Waals surface area contributed by atoms with Crippen molar-refractivity contribution in [3.05, 3.63) is 0 Å². The zero-order valence-corrected chi connectivity index (χ0v) is 6.79. The van der Waals surface area contributed by atoms with E-state index in [9.17, 15) is 0 Å². The van der Waals surface area contributed by atoms with Crippen LogP contribution >= 0.6 is 0 Å². The van der Waals surface area contributed by atoms with E-state index in [4.69, 9.17) is 5.11 Å². The molecular weight excluding hydrogens is 140 g/mol. The summed E-state index contributed by atoms with van der Waals surface area (Å²) in [4.78, 5) is 2.50. The molecule has 3 heteroatoms. The number of fused-ring (bicyclic) bond motifs is 1. The van der Waals surface area contributed by atoms with Crippen molar-refractivity contribution in [3.8, 4) is 0 Å². The van der Waals surface area contributed by atoms with Gasteiger partial charge in [0.1, 0.15) is 0 Å². The molecule has 2 saturated heterocycles. The van der Waals surface area contributed by atoms with Crippen LogP contribution in [-0.2, 0) is 0 Å². The van der Waals surface area contributed by atoms with Crippen molar-refractivity contribution in [3.63, 3.8) is 0 Å². The Morgan fingerprint density at radius 3 is 3.27 bits per heavy atom. The normalized spacial score (nSPS) is 39.0. The van der Waals surface area contributed by atoms with Crippen LogP contribution in [0.2, 0.25) is 0 Å². The highest BCUT2D eigenvalue weighted by Crippen LogP contribution is 2.19. The first kappa shape index (κ1) is 7.53. The molecule has 2 N–H and O–H groups in total. The lowest BCUT2D eigenvalue weighted by Gasteiger charge is -2.35. The quantitative estimate of drug-likeness (QED) is 0.533. The number of piperazine rings is 1. The highest BCUT2D eigenvalue weighted by molar-refractivity contribution is 4.89. The van der Waals surface area contributed by atoms with Crippen LogP contribution in [0.1, 0.15) is 12.8 Å². The molecule has 0 radical (unpaired) electrons. The molecule has 3 nitrogen and oxygen atoms in total. The smallest absolute Gasteiger partial charge is 0.0597 e. The van der Waals surface area contributed by atoms with Gasteiger partial charge in [0.15, 0.2) is 0 Å². The van der Waals surface area contributed by atoms with E-state index in [2.05, 4.69) is 10.2 Å². The maximum Gasteiger partial charge on any atom is 0.0597 e. The molecule has 2 aliphatic heterocycles. The fourth-order valence-corrected chi connectivity index (χ4v) is 2.14. The van der Waals surface area contributed by atoms with Gasteiger partial charge in [0.2, 0.25) is 0 Å². The Hall–Kier alpha value is -0.120. The van der Waals surface area contributed by atoms with Crippen LogP contribution in [0, 0.1) is 0 Å². The van der Waals surface area contributed by atoms with Crippen molar-refractivity contribution < 1.29 is 5.11 Å². The van der Waals surface area contributed by atoms with Gasteiger partial charge in [-0.3, -0.25) is 4.90 Å². The van der Waals surface area contributed by atoms with Gasteiger partial charge >= 0.3 is 0 Å². The van der Waals surface area contributed by atoms with Gasteiger partial charge in [0.05, 0.1) is 6.61 Å². The minimum Gasteiger partial charge on any atom is -0.395 e. The second kappa shape index (κ2) is 3.09. The van der Waals surface area contributed by atoms with E-state index in [1.165, 1.54) is 19.4 Å². The Morgan fingerprint density at radius 2 is 2.45 bits per heavy atom. The Balaban J connectivity index is 1.91. The lowest BCUT2D eigenvalue weighted by atomic mass is 10.1. The predicted octanol–water partition coefficient (Wildman–Crippen LogP) is -0.585. The molecular formula is C8H16N2O. The summed E-state index contributed by atoms with van der Waals surface area (Å²) in [5.74, 6) is 0. The van der Waals surface area contributed by atoms with Crippen molar-refractivity contribution >= 4 is 0 Å². The summed E-state index contributed by atoms with van der Waals surface area (Å²) < 4.78 is 0. The molecule has 0 amide bonds. The summed E-state index contributed by atoms with van der Waals surface area (Å²) >= 11 is 0. The van der Waals surface area contributed by atoms with E-state index < -0.39 is 0 Å². The van der Waals surface area contributed by atoms with Crippen LogP contribution in [0.25, 0.3) is 0 Å². The Bertz CT molecular complexity index is 140. The highest BCUT2D eigenvalue weighted by atomic mass is 16.3. The summed E-state index contributed by atoms with van der Waals surface area (Å²) in [6.45, 7) is 3.64. The van der Waals surface area contributed by atoms with Crippen LogP contribution in [0.5, 0.6) is 0 Å². The van der Waals surface area contributed by atoms with Crippen LogP contribution < -0.4 is 5.32 Å². The van der Waals surface area contributed by atoms with Gasteiger partial charge in [-0.2, -0.15) is 0 Å². The fourth-order valence-electron chi connectivity index (χ4n) is 2.14. The lowest BCUT2D eigenvalue weighted by molar-refractivity contribution is 0.130. The molecule has 2 aliphatic rings. The first-order valence-corrected chi connectivity index (χ1v) is 4.48. The second-order valence-corrected chi connectivity index (χ2v) is 3.58. The monoisotopic (exact) mass is 156 g/mol. The second-order valence-electron chi connectivity index (χ2n) is 3.58. The van der Waals surface area contributed by atoms with E-state index >= 15 is 0 Å². The van der Waals surface area contributed by atoms with Crippen molar-refractivity contribution in [1.82, 2.24) is 10.2 Å². The van der Waals surface area contributed by atoms with Crippen molar-refractivity contribution in [2.45, 2.75) is 24.9 Å². The Kier molecular flexibility index (Phi) is 2.11. The number of rotatable bonds is 1. The van der Waals surface area contributed by atoms with E-state index in [0.29, 0.717) is 6.04 Å². The number of hydrogen-bond acceptors (Lipinski definition) is 3. The van der Waals surface area contributed by atoms with Crippen LogP contribution in [0.4, 0.5) is 0 Å². The molecule has 2 heterocycles. The average molecular weight is 156 g/mol. The maximum atomic E-state index is 8.92. The van der Waals surface area contributed by atoms with E-state index in [-0.39, 0.29) is 6.61 Å². The van der Waals surface area contributed by atoms with E-state index in [0.717, 1.165) is 19.1 Å². The molecule has 11 heavy (non-hydrogen) atoms. The zero-order valence-electron chi connectivity index (χ0n) is 6.79. The molecule has 0 spiro atoms. The summed E-state index contributed by atoms with van der Waals surface area (Å²) in [5, 5.41) is 12.3. The third-order valence-electron chi connectivity index (χ3n) is 2.82. The van der Waals surface area contributed by atoms with Crippen LogP contribution in [-0.4, -0.2) is 48.3 Å². The fraction of sp³-hybridized carbons (Fsp3) is 1.00. The third kappa shape index (κ3) is 1.41. The molecule has 0 aromatic heterocycles. The predicted molar refractivity (Wildman–Crippen MR) is 43.5 cm³/mol. The van der Waals surface area contributed by atoms with Gasteiger partial charge in [0, 0.05) is 25.2 Å². The summed E-state index contributed by atoms with van der Waals surface area (Å²) in [7, 11) is 0. The van der Waals surface area contributed by atoms with Gasteiger partial charge in [-0.25, -0.2) is 0 Å². The minimum atomic E-state index is 0.281. The molecule has 0 aromatic rings. The summed E-state index contributed by atoms with van der Waals surface area (Å²) in [6, 6.07) is 1.09. The molecule has 0 bridgehead atoms. The van der Waals surface area contributed by atoms with Gasteiger partial charge < -0.3 is 10.4 Å². The molecule has 2 fully saturated rings. The standard InChI is InChI=1S/C8H16N2O/c11-6-7-5-10-3-1-2-8(10)4-9-7/h7-9,11H,1-6H2/t7-,8?/m1/s1. The van der Waals surface area contributed by atoms with E-state index in [1.54, 1.807) is 0 Å². The topological polar surface area (TPSA) is 35.5 Å². The average Bonchev–Trinajstić information content (AvgIpc) is 2.50. The molecule has 0 aromatic carbocycles. The number of hydrogen-bond donors (Lipinski definition) is 2. The third-order valence-corrected chi connectivity index (χ3v) is 2.82. The van der Waals surface area contributed by atoms with Crippen molar-refractivity contribution in [2.75, 3.05) is 26.2 Å². The minimum absolute atomic E-state index is 0.281.